The van der Waals surface area contributed by atoms with Crippen molar-refractivity contribution < 1.29 is 30.8 Å². The molecule has 184 valence electrons. The van der Waals surface area contributed by atoms with Gasteiger partial charge in [-0.1, -0.05) is 12.1 Å². The zero-order valence-corrected chi connectivity index (χ0v) is 19.2. The van der Waals surface area contributed by atoms with E-state index in [1.165, 1.54) is 22.5 Å². The number of carbonyl (C=O) groups is 1. The summed E-state index contributed by atoms with van der Waals surface area (Å²) in [6, 6.07) is 8.41. The molecule has 0 aromatic heterocycles. The first-order valence-electron chi connectivity index (χ1n) is 11.0. The average molecular weight is 500 g/mol. The van der Waals surface area contributed by atoms with E-state index in [0.717, 1.165) is 42.7 Å². The van der Waals surface area contributed by atoms with Gasteiger partial charge >= 0.3 is 6.18 Å². The zero-order chi connectivity index (χ0) is 24.5. The molecule has 0 saturated carbocycles. The van der Waals surface area contributed by atoms with E-state index < -0.39 is 32.5 Å². The summed E-state index contributed by atoms with van der Waals surface area (Å²) in [5.74, 6) is -1.27. The van der Waals surface area contributed by atoms with Crippen LogP contribution in [0.25, 0.3) is 0 Å². The molecule has 2 aromatic rings. The second kappa shape index (κ2) is 9.63. The van der Waals surface area contributed by atoms with Crippen molar-refractivity contribution in [3.8, 4) is 0 Å². The topological polar surface area (TPSA) is 60.9 Å². The number of sulfonamides is 1. The monoisotopic (exact) mass is 499 g/mol. The lowest BCUT2D eigenvalue weighted by Gasteiger charge is -2.35. The van der Waals surface area contributed by atoms with E-state index in [2.05, 4.69) is 0 Å². The zero-order valence-electron chi connectivity index (χ0n) is 18.4. The molecule has 0 aliphatic carbocycles. The summed E-state index contributed by atoms with van der Waals surface area (Å²) in [4.78, 5) is 16.1. The highest BCUT2D eigenvalue weighted by Crippen LogP contribution is 2.29. The highest BCUT2D eigenvalue weighted by molar-refractivity contribution is 7.89. The van der Waals surface area contributed by atoms with Crippen LogP contribution in [0.15, 0.2) is 47.4 Å². The van der Waals surface area contributed by atoms with Crippen LogP contribution in [0.5, 0.6) is 0 Å². The first-order chi connectivity index (χ1) is 16.1. The van der Waals surface area contributed by atoms with Gasteiger partial charge in [0.25, 0.3) is 5.91 Å². The Morgan fingerprint density at radius 2 is 1.50 bits per heavy atom. The summed E-state index contributed by atoms with van der Waals surface area (Å²) in [7, 11) is -4.00. The van der Waals surface area contributed by atoms with Crippen LogP contribution < -0.4 is 0 Å². The van der Waals surface area contributed by atoms with Crippen molar-refractivity contribution in [3.05, 3.63) is 65.0 Å². The minimum absolute atomic E-state index is 0.107. The molecular formula is C23H25F4N3O3S. The van der Waals surface area contributed by atoms with Crippen LogP contribution >= 0.6 is 0 Å². The predicted molar refractivity (Wildman–Crippen MR) is 117 cm³/mol. The normalized spacial score (nSPS) is 18.4. The Morgan fingerprint density at radius 3 is 2.09 bits per heavy atom. The molecule has 2 aromatic carbocycles. The quantitative estimate of drug-likeness (QED) is 0.590. The standard InChI is InChI=1S/C23H25F4N3O3S/c24-20-8-5-18(15-21(20)34(32,33)30-9-1-2-10-30)22(31)29-13-11-28(12-14-29)16-17-3-6-19(7-4-17)23(25,26)27/h3-8,15H,1-2,9-14,16H2. The van der Waals surface area contributed by atoms with Gasteiger partial charge in [0.2, 0.25) is 10.0 Å². The lowest BCUT2D eigenvalue weighted by molar-refractivity contribution is -0.137. The Balaban J connectivity index is 1.39. The SMILES string of the molecule is O=C(c1ccc(F)c(S(=O)(=O)N2CCCC2)c1)N1CCN(Cc2ccc(C(F)(F)F)cc2)CC1. The highest BCUT2D eigenvalue weighted by Gasteiger charge is 2.32. The number of piperazine rings is 1. The first kappa shape index (κ1) is 24.6. The number of hydrogen-bond donors (Lipinski definition) is 0. The van der Waals surface area contributed by atoms with Crippen LogP contribution in [0, 0.1) is 5.82 Å². The maximum atomic E-state index is 14.4. The fourth-order valence-corrected chi connectivity index (χ4v) is 5.86. The number of nitrogens with zero attached hydrogens (tertiary/aromatic N) is 3. The molecule has 0 bridgehead atoms. The molecule has 0 spiro atoms. The molecule has 11 heteroatoms. The predicted octanol–water partition coefficient (Wildman–Crippen LogP) is 3.59. The third-order valence-electron chi connectivity index (χ3n) is 6.21. The van der Waals surface area contributed by atoms with Gasteiger partial charge in [0.05, 0.1) is 5.56 Å². The lowest BCUT2D eigenvalue weighted by Crippen LogP contribution is -2.48. The van der Waals surface area contributed by atoms with E-state index in [1.807, 2.05) is 4.90 Å². The van der Waals surface area contributed by atoms with Crippen LogP contribution in [-0.4, -0.2) is 67.7 Å². The van der Waals surface area contributed by atoms with Gasteiger partial charge in [-0.15, -0.1) is 0 Å². The molecule has 2 heterocycles. The fourth-order valence-electron chi connectivity index (χ4n) is 4.25. The van der Waals surface area contributed by atoms with Crippen molar-refractivity contribution in [3.63, 3.8) is 0 Å². The maximum absolute atomic E-state index is 14.4. The van der Waals surface area contributed by atoms with Crippen molar-refractivity contribution >= 4 is 15.9 Å². The molecule has 0 radical (unpaired) electrons. The summed E-state index contributed by atoms with van der Waals surface area (Å²) < 4.78 is 79.4. The van der Waals surface area contributed by atoms with Gasteiger partial charge in [0.15, 0.2) is 0 Å². The summed E-state index contributed by atoms with van der Waals surface area (Å²) in [5, 5.41) is 0. The molecule has 6 nitrogen and oxygen atoms in total. The van der Waals surface area contributed by atoms with Gasteiger partial charge in [-0.25, -0.2) is 12.8 Å². The van der Waals surface area contributed by atoms with Crippen molar-refractivity contribution in [2.45, 2.75) is 30.5 Å². The Morgan fingerprint density at radius 1 is 0.882 bits per heavy atom. The summed E-state index contributed by atoms with van der Waals surface area (Å²) >= 11 is 0. The Bertz CT molecular complexity index is 1140. The molecule has 2 aliphatic heterocycles. The molecule has 2 saturated heterocycles. The van der Waals surface area contributed by atoms with Gasteiger partial charge < -0.3 is 4.90 Å². The maximum Gasteiger partial charge on any atom is 0.416 e. The second-order valence-electron chi connectivity index (χ2n) is 8.52. The number of rotatable bonds is 5. The van der Waals surface area contributed by atoms with Gasteiger partial charge in [-0.3, -0.25) is 9.69 Å². The van der Waals surface area contributed by atoms with E-state index >= 15 is 0 Å². The Labute approximate surface area is 195 Å². The van der Waals surface area contributed by atoms with Gasteiger partial charge in [0, 0.05) is 51.4 Å². The van der Waals surface area contributed by atoms with Gasteiger partial charge in [-0.05, 0) is 48.7 Å². The third-order valence-corrected chi connectivity index (χ3v) is 8.12. The van der Waals surface area contributed by atoms with E-state index in [0.29, 0.717) is 45.8 Å². The molecule has 4 rings (SSSR count). The second-order valence-corrected chi connectivity index (χ2v) is 10.4. The number of halogens is 4. The smallest absolute Gasteiger partial charge is 0.336 e. The molecule has 0 unspecified atom stereocenters. The number of hydrogen-bond acceptors (Lipinski definition) is 4. The molecule has 0 atom stereocenters. The molecule has 1 amide bonds. The van der Waals surface area contributed by atoms with Gasteiger partial charge in [-0.2, -0.15) is 17.5 Å². The van der Waals surface area contributed by atoms with Gasteiger partial charge in [0.1, 0.15) is 10.7 Å². The van der Waals surface area contributed by atoms with Crippen LogP contribution in [0.2, 0.25) is 0 Å². The molecule has 0 N–H and O–H groups in total. The van der Waals surface area contributed by atoms with Crippen LogP contribution in [0.4, 0.5) is 17.6 Å². The fraction of sp³-hybridized carbons (Fsp3) is 0.435. The van der Waals surface area contributed by atoms with Crippen molar-refractivity contribution in [1.82, 2.24) is 14.1 Å². The van der Waals surface area contributed by atoms with Crippen LogP contribution in [-0.2, 0) is 22.7 Å². The van der Waals surface area contributed by atoms with Crippen LogP contribution in [0.1, 0.15) is 34.3 Å². The van der Waals surface area contributed by atoms with Crippen molar-refractivity contribution in [2.24, 2.45) is 0 Å². The Kier molecular flexibility index (Phi) is 6.97. The van der Waals surface area contributed by atoms with Crippen molar-refractivity contribution in [2.75, 3.05) is 39.3 Å². The molecular weight excluding hydrogens is 474 g/mol. The summed E-state index contributed by atoms with van der Waals surface area (Å²) in [5.41, 5.74) is 0.149. The number of carbonyl (C=O) groups excluding carboxylic acids is 1. The molecule has 34 heavy (non-hydrogen) atoms. The molecule has 2 fully saturated rings. The van der Waals surface area contributed by atoms with E-state index in [1.54, 1.807) is 4.90 Å². The summed E-state index contributed by atoms with van der Waals surface area (Å²) in [6.45, 7) is 2.87. The van der Waals surface area contributed by atoms with Crippen LogP contribution in [0.3, 0.4) is 0 Å². The average Bonchev–Trinajstić information content (AvgIpc) is 3.35. The van der Waals surface area contributed by atoms with Crippen molar-refractivity contribution in [1.29, 1.82) is 0 Å². The highest BCUT2D eigenvalue weighted by atomic mass is 32.2. The molecule has 2 aliphatic rings. The lowest BCUT2D eigenvalue weighted by atomic mass is 10.1. The van der Waals surface area contributed by atoms with E-state index in [9.17, 15) is 30.8 Å². The number of benzene rings is 2. The Hall–Kier alpha value is -2.50. The largest absolute Gasteiger partial charge is 0.416 e. The minimum atomic E-state index is -4.38. The number of amides is 1. The summed E-state index contributed by atoms with van der Waals surface area (Å²) in [6.07, 6.45) is -2.94. The minimum Gasteiger partial charge on any atom is -0.336 e. The number of alkyl halides is 3. The van der Waals surface area contributed by atoms with E-state index in [4.69, 9.17) is 0 Å². The van der Waals surface area contributed by atoms with E-state index in [-0.39, 0.29) is 11.5 Å². The first-order valence-corrected chi connectivity index (χ1v) is 12.5. The third kappa shape index (κ3) is 5.26.